The standard InChI is InChI=1S/C11H10ClFO/c1-2-3-10(14)7-8-6-9(12)4-5-11(8)13/h2-6H,7H2,1H3/b3-2+. The number of carbonyl (C=O) groups is 1. The van der Waals surface area contributed by atoms with Crippen LogP contribution in [0.5, 0.6) is 0 Å². The maximum Gasteiger partial charge on any atom is 0.159 e. The minimum Gasteiger partial charge on any atom is -0.294 e. The molecule has 1 aromatic carbocycles. The second kappa shape index (κ2) is 4.91. The van der Waals surface area contributed by atoms with Crippen LogP contribution in [0.15, 0.2) is 30.4 Å². The number of hydrogen-bond acceptors (Lipinski definition) is 1. The van der Waals surface area contributed by atoms with Gasteiger partial charge in [-0.25, -0.2) is 4.39 Å². The molecule has 0 bridgehead atoms. The third-order valence-corrected chi connectivity index (χ3v) is 1.96. The Bertz CT molecular complexity index is 372. The van der Waals surface area contributed by atoms with Crippen molar-refractivity contribution >= 4 is 17.4 Å². The van der Waals surface area contributed by atoms with E-state index in [1.807, 2.05) is 0 Å². The van der Waals surface area contributed by atoms with Gasteiger partial charge in [0.15, 0.2) is 5.78 Å². The van der Waals surface area contributed by atoms with Gasteiger partial charge in [-0.15, -0.1) is 0 Å². The molecule has 0 amide bonds. The highest BCUT2D eigenvalue weighted by Gasteiger charge is 2.06. The van der Waals surface area contributed by atoms with Crippen LogP contribution in [0.1, 0.15) is 12.5 Å². The van der Waals surface area contributed by atoms with Crippen LogP contribution in [0, 0.1) is 5.82 Å². The monoisotopic (exact) mass is 212 g/mol. The van der Waals surface area contributed by atoms with Crippen LogP contribution in [-0.2, 0) is 11.2 Å². The first kappa shape index (κ1) is 10.9. The van der Waals surface area contributed by atoms with E-state index >= 15 is 0 Å². The SMILES string of the molecule is C/C=C/C(=O)Cc1cc(Cl)ccc1F. The van der Waals surface area contributed by atoms with E-state index in [-0.39, 0.29) is 12.2 Å². The van der Waals surface area contributed by atoms with Gasteiger partial charge in [0, 0.05) is 11.4 Å². The molecule has 0 aliphatic heterocycles. The lowest BCUT2D eigenvalue weighted by atomic mass is 10.1. The van der Waals surface area contributed by atoms with Crippen molar-refractivity contribution in [2.24, 2.45) is 0 Å². The highest BCUT2D eigenvalue weighted by atomic mass is 35.5. The van der Waals surface area contributed by atoms with E-state index in [1.54, 1.807) is 13.0 Å². The van der Waals surface area contributed by atoms with Crippen molar-refractivity contribution in [2.45, 2.75) is 13.3 Å². The van der Waals surface area contributed by atoms with E-state index < -0.39 is 5.82 Å². The first-order chi connectivity index (χ1) is 6.63. The Labute approximate surface area is 87.2 Å². The maximum atomic E-state index is 13.1. The zero-order chi connectivity index (χ0) is 10.6. The van der Waals surface area contributed by atoms with E-state index in [1.165, 1.54) is 24.3 Å². The van der Waals surface area contributed by atoms with Crippen molar-refractivity contribution in [1.82, 2.24) is 0 Å². The molecule has 74 valence electrons. The molecular weight excluding hydrogens is 203 g/mol. The van der Waals surface area contributed by atoms with Crippen LogP contribution in [0.2, 0.25) is 5.02 Å². The van der Waals surface area contributed by atoms with Crippen LogP contribution in [0.4, 0.5) is 4.39 Å². The molecule has 1 aromatic rings. The van der Waals surface area contributed by atoms with Crippen molar-refractivity contribution < 1.29 is 9.18 Å². The van der Waals surface area contributed by atoms with E-state index in [9.17, 15) is 9.18 Å². The number of allylic oxidation sites excluding steroid dienone is 2. The molecule has 14 heavy (non-hydrogen) atoms. The van der Waals surface area contributed by atoms with Gasteiger partial charge in [0.05, 0.1) is 0 Å². The molecular formula is C11H10ClFO. The number of rotatable bonds is 3. The van der Waals surface area contributed by atoms with E-state index in [0.717, 1.165) is 0 Å². The molecule has 0 unspecified atom stereocenters. The molecule has 0 saturated heterocycles. The van der Waals surface area contributed by atoms with E-state index in [4.69, 9.17) is 11.6 Å². The summed E-state index contributed by atoms with van der Waals surface area (Å²) in [5, 5.41) is 0.440. The molecule has 0 N–H and O–H groups in total. The Hall–Kier alpha value is -1.15. The predicted molar refractivity (Wildman–Crippen MR) is 54.9 cm³/mol. The summed E-state index contributed by atoms with van der Waals surface area (Å²) in [6, 6.07) is 4.19. The van der Waals surface area contributed by atoms with Gasteiger partial charge in [0.1, 0.15) is 5.82 Å². The van der Waals surface area contributed by atoms with Crippen molar-refractivity contribution in [2.75, 3.05) is 0 Å². The molecule has 0 fully saturated rings. The Morgan fingerprint density at radius 3 is 2.93 bits per heavy atom. The highest BCUT2D eigenvalue weighted by molar-refractivity contribution is 6.30. The zero-order valence-corrected chi connectivity index (χ0v) is 8.51. The first-order valence-corrected chi connectivity index (χ1v) is 4.60. The quantitative estimate of drug-likeness (QED) is 0.704. The molecule has 1 rings (SSSR count). The van der Waals surface area contributed by atoms with Gasteiger partial charge in [0.2, 0.25) is 0 Å². The second-order valence-electron chi connectivity index (χ2n) is 2.88. The Morgan fingerprint density at radius 2 is 2.29 bits per heavy atom. The minimum absolute atomic E-state index is 0.0523. The second-order valence-corrected chi connectivity index (χ2v) is 3.32. The maximum absolute atomic E-state index is 13.1. The molecule has 0 saturated carbocycles. The van der Waals surface area contributed by atoms with Gasteiger partial charge in [-0.1, -0.05) is 17.7 Å². The van der Waals surface area contributed by atoms with Gasteiger partial charge in [0.25, 0.3) is 0 Å². The summed E-state index contributed by atoms with van der Waals surface area (Å²) in [6.07, 6.45) is 3.10. The molecule has 1 nitrogen and oxygen atoms in total. The van der Waals surface area contributed by atoms with E-state index in [0.29, 0.717) is 10.6 Å². The van der Waals surface area contributed by atoms with Crippen molar-refractivity contribution in [3.05, 3.63) is 46.8 Å². The predicted octanol–water partition coefficient (Wildman–Crippen LogP) is 3.17. The average molecular weight is 213 g/mol. The highest BCUT2D eigenvalue weighted by Crippen LogP contribution is 2.15. The molecule has 3 heteroatoms. The van der Waals surface area contributed by atoms with Crippen LogP contribution in [0.3, 0.4) is 0 Å². The zero-order valence-electron chi connectivity index (χ0n) is 7.76. The van der Waals surface area contributed by atoms with Gasteiger partial charge in [-0.2, -0.15) is 0 Å². The summed E-state index contributed by atoms with van der Waals surface area (Å²) < 4.78 is 13.1. The van der Waals surface area contributed by atoms with Crippen molar-refractivity contribution in [3.8, 4) is 0 Å². The summed E-state index contributed by atoms with van der Waals surface area (Å²) in [5.41, 5.74) is 0.334. The molecule has 0 heterocycles. The molecule has 0 aliphatic carbocycles. The smallest absolute Gasteiger partial charge is 0.159 e. The summed E-state index contributed by atoms with van der Waals surface area (Å²) in [7, 11) is 0. The molecule has 0 aliphatic rings. The van der Waals surface area contributed by atoms with Crippen LogP contribution in [0.25, 0.3) is 0 Å². The average Bonchev–Trinajstić information content (AvgIpc) is 2.12. The number of benzene rings is 1. The van der Waals surface area contributed by atoms with Crippen LogP contribution >= 0.6 is 11.6 Å². The first-order valence-electron chi connectivity index (χ1n) is 4.23. The lowest BCUT2D eigenvalue weighted by Gasteiger charge is -2.00. The third-order valence-electron chi connectivity index (χ3n) is 1.73. The number of ketones is 1. The van der Waals surface area contributed by atoms with Gasteiger partial charge >= 0.3 is 0 Å². The van der Waals surface area contributed by atoms with Crippen LogP contribution < -0.4 is 0 Å². The lowest BCUT2D eigenvalue weighted by molar-refractivity contribution is -0.114. The molecule has 0 aromatic heterocycles. The minimum atomic E-state index is -0.396. The summed E-state index contributed by atoms with van der Waals surface area (Å²) in [4.78, 5) is 11.2. The van der Waals surface area contributed by atoms with E-state index in [2.05, 4.69) is 0 Å². The van der Waals surface area contributed by atoms with Gasteiger partial charge < -0.3 is 0 Å². The Morgan fingerprint density at radius 1 is 1.57 bits per heavy atom. The lowest BCUT2D eigenvalue weighted by Crippen LogP contribution is -2.00. The Balaban J connectivity index is 2.85. The molecule has 0 radical (unpaired) electrons. The largest absolute Gasteiger partial charge is 0.294 e. The van der Waals surface area contributed by atoms with Crippen molar-refractivity contribution in [3.63, 3.8) is 0 Å². The van der Waals surface area contributed by atoms with Gasteiger partial charge in [-0.3, -0.25) is 4.79 Å². The topological polar surface area (TPSA) is 17.1 Å². The molecule has 0 spiro atoms. The van der Waals surface area contributed by atoms with Crippen LogP contribution in [-0.4, -0.2) is 5.78 Å². The van der Waals surface area contributed by atoms with Crippen molar-refractivity contribution in [1.29, 1.82) is 0 Å². The number of hydrogen-bond donors (Lipinski definition) is 0. The fourth-order valence-corrected chi connectivity index (χ4v) is 1.31. The van der Waals surface area contributed by atoms with Gasteiger partial charge in [-0.05, 0) is 36.8 Å². The summed E-state index contributed by atoms with van der Waals surface area (Å²) >= 11 is 5.68. The number of halogens is 2. The summed E-state index contributed by atoms with van der Waals surface area (Å²) in [6.45, 7) is 1.74. The fraction of sp³-hybridized carbons (Fsp3) is 0.182. The normalized spacial score (nSPS) is 10.8. The number of carbonyl (C=O) groups excluding carboxylic acids is 1. The fourth-order valence-electron chi connectivity index (χ4n) is 1.11. The Kier molecular flexibility index (Phi) is 3.84. The molecule has 0 atom stereocenters. The third kappa shape index (κ3) is 2.96. The summed E-state index contributed by atoms with van der Waals surface area (Å²) in [5.74, 6) is -0.527.